The Morgan fingerprint density at radius 1 is 1.11 bits per heavy atom. The van der Waals surface area contributed by atoms with Crippen LogP contribution >= 0.6 is 22.9 Å². The smallest absolute Gasteiger partial charge is 0.291 e. The summed E-state index contributed by atoms with van der Waals surface area (Å²) >= 11 is 7.21. The lowest BCUT2D eigenvalue weighted by Crippen LogP contribution is -2.23. The fourth-order valence-electron chi connectivity index (χ4n) is 2.62. The van der Waals surface area contributed by atoms with Gasteiger partial charge in [0.25, 0.3) is 5.56 Å². The van der Waals surface area contributed by atoms with Gasteiger partial charge in [-0.1, -0.05) is 35.1 Å². The highest BCUT2D eigenvalue weighted by molar-refractivity contribution is 7.15. The van der Waals surface area contributed by atoms with Gasteiger partial charge in [-0.05, 0) is 61.9 Å². The average molecular weight is 398 g/mol. The minimum atomic E-state index is -0.177. The lowest BCUT2D eigenvalue weighted by molar-refractivity contribution is 0.242. The number of ether oxygens (including phenoxy) is 1. The largest absolute Gasteiger partial charge is 0.491 e. The molecule has 2 heterocycles. The van der Waals surface area contributed by atoms with Crippen LogP contribution in [0.2, 0.25) is 5.02 Å². The van der Waals surface area contributed by atoms with E-state index in [0.717, 1.165) is 16.9 Å². The first kappa shape index (κ1) is 17.7. The van der Waals surface area contributed by atoms with E-state index < -0.39 is 0 Å². The van der Waals surface area contributed by atoms with Gasteiger partial charge in [0, 0.05) is 10.6 Å². The number of hydrogen-bond acceptors (Lipinski definition) is 5. The van der Waals surface area contributed by atoms with E-state index in [1.165, 1.54) is 15.9 Å². The van der Waals surface area contributed by atoms with E-state index >= 15 is 0 Å². The van der Waals surface area contributed by atoms with Gasteiger partial charge in [0.05, 0.1) is 10.6 Å². The number of rotatable bonds is 4. The second-order valence-electron chi connectivity index (χ2n) is 6.29. The zero-order valence-corrected chi connectivity index (χ0v) is 16.3. The zero-order chi connectivity index (χ0) is 19.0. The summed E-state index contributed by atoms with van der Waals surface area (Å²) in [6.07, 6.45) is 1.93. The van der Waals surface area contributed by atoms with Crippen LogP contribution in [0.4, 0.5) is 0 Å². The summed E-state index contributed by atoms with van der Waals surface area (Å²) in [7, 11) is 0. The van der Waals surface area contributed by atoms with Crippen LogP contribution in [0.5, 0.6) is 5.75 Å². The summed E-state index contributed by atoms with van der Waals surface area (Å²) in [5.41, 5.74) is 1.56. The third kappa shape index (κ3) is 3.72. The molecule has 5 nitrogen and oxygen atoms in total. The summed E-state index contributed by atoms with van der Waals surface area (Å²) in [4.78, 5) is 17.7. The van der Waals surface area contributed by atoms with Crippen LogP contribution in [0.15, 0.2) is 53.3 Å². The van der Waals surface area contributed by atoms with Crippen molar-refractivity contribution in [2.45, 2.75) is 20.0 Å². The van der Waals surface area contributed by atoms with Crippen molar-refractivity contribution >= 4 is 34.0 Å². The molecule has 0 fully saturated rings. The Morgan fingerprint density at radius 3 is 2.44 bits per heavy atom. The Bertz CT molecular complexity index is 1200. The Balaban J connectivity index is 1.68. The summed E-state index contributed by atoms with van der Waals surface area (Å²) in [6.45, 7) is 3.96. The predicted molar refractivity (Wildman–Crippen MR) is 109 cm³/mol. The Kier molecular flexibility index (Phi) is 4.68. The standard InChI is InChI=1S/C20H16ClN3O2S/c1-12(2)26-16-9-5-14(6-10-16)18-22-20-24(23-18)19(25)17(27-20)11-13-3-7-15(21)8-4-13/h3-12H,1-2H3. The summed E-state index contributed by atoms with van der Waals surface area (Å²) in [6, 6.07) is 14.8. The predicted octanol–water partition coefficient (Wildman–Crippen LogP) is 3.81. The molecule has 0 radical (unpaired) electrons. The average Bonchev–Trinajstić information content (AvgIpc) is 3.17. The maximum atomic E-state index is 12.6. The molecule has 0 bridgehead atoms. The summed E-state index contributed by atoms with van der Waals surface area (Å²) < 4.78 is 7.57. The van der Waals surface area contributed by atoms with Crippen molar-refractivity contribution in [3.05, 3.63) is 74.0 Å². The van der Waals surface area contributed by atoms with E-state index in [2.05, 4.69) is 10.1 Å². The molecular formula is C20H16ClN3O2S. The van der Waals surface area contributed by atoms with E-state index in [1.807, 2.05) is 56.3 Å². The molecule has 4 aromatic rings. The minimum Gasteiger partial charge on any atom is -0.491 e. The van der Waals surface area contributed by atoms with E-state index in [0.29, 0.717) is 20.3 Å². The molecule has 0 atom stereocenters. The van der Waals surface area contributed by atoms with Crippen molar-refractivity contribution in [3.63, 3.8) is 0 Å². The van der Waals surface area contributed by atoms with Crippen molar-refractivity contribution in [3.8, 4) is 17.1 Å². The van der Waals surface area contributed by atoms with Crippen molar-refractivity contribution in [1.82, 2.24) is 14.6 Å². The van der Waals surface area contributed by atoms with Gasteiger partial charge >= 0.3 is 0 Å². The molecule has 136 valence electrons. The van der Waals surface area contributed by atoms with Crippen LogP contribution in [0.1, 0.15) is 19.4 Å². The Morgan fingerprint density at radius 2 is 1.81 bits per heavy atom. The fraction of sp³-hybridized carbons (Fsp3) is 0.150. The van der Waals surface area contributed by atoms with Gasteiger partial charge in [-0.2, -0.15) is 9.50 Å². The number of hydrogen-bond donors (Lipinski definition) is 0. The van der Waals surface area contributed by atoms with Crippen molar-refractivity contribution in [1.29, 1.82) is 0 Å². The lowest BCUT2D eigenvalue weighted by Gasteiger charge is -2.09. The molecule has 0 N–H and O–H groups in total. The third-order valence-electron chi connectivity index (χ3n) is 3.83. The van der Waals surface area contributed by atoms with Gasteiger partial charge in [0.2, 0.25) is 4.96 Å². The number of aromatic nitrogens is 3. The van der Waals surface area contributed by atoms with Crippen molar-refractivity contribution in [2.24, 2.45) is 0 Å². The highest BCUT2D eigenvalue weighted by Gasteiger charge is 2.12. The Labute approximate surface area is 164 Å². The van der Waals surface area contributed by atoms with Gasteiger partial charge in [-0.25, -0.2) is 0 Å². The molecule has 0 saturated heterocycles. The van der Waals surface area contributed by atoms with E-state index in [-0.39, 0.29) is 11.7 Å². The minimum absolute atomic E-state index is 0.116. The van der Waals surface area contributed by atoms with Crippen molar-refractivity contribution in [2.75, 3.05) is 0 Å². The maximum Gasteiger partial charge on any atom is 0.291 e. The van der Waals surface area contributed by atoms with Crippen LogP contribution < -0.4 is 14.8 Å². The Hall–Kier alpha value is -2.70. The second kappa shape index (κ2) is 7.13. The molecule has 0 aliphatic rings. The van der Waals surface area contributed by atoms with Crippen LogP contribution in [0.3, 0.4) is 0 Å². The monoisotopic (exact) mass is 397 g/mol. The van der Waals surface area contributed by atoms with Crippen molar-refractivity contribution < 1.29 is 4.74 Å². The van der Waals surface area contributed by atoms with E-state index in [9.17, 15) is 4.79 Å². The molecule has 0 aliphatic heterocycles. The number of thiazole rings is 1. The molecule has 0 amide bonds. The molecule has 7 heteroatoms. The zero-order valence-electron chi connectivity index (χ0n) is 14.7. The van der Waals surface area contributed by atoms with Crippen LogP contribution in [0.25, 0.3) is 22.4 Å². The van der Waals surface area contributed by atoms with Crippen LogP contribution in [0, 0.1) is 0 Å². The highest BCUT2D eigenvalue weighted by Crippen LogP contribution is 2.21. The second-order valence-corrected chi connectivity index (χ2v) is 7.73. The normalized spacial score (nSPS) is 12.2. The highest BCUT2D eigenvalue weighted by atomic mass is 35.5. The van der Waals surface area contributed by atoms with Gasteiger partial charge in [-0.3, -0.25) is 4.79 Å². The number of halogens is 1. The molecule has 0 unspecified atom stereocenters. The number of benzene rings is 2. The number of fused-ring (bicyclic) bond motifs is 1. The first-order valence-corrected chi connectivity index (χ1v) is 9.63. The van der Waals surface area contributed by atoms with Gasteiger partial charge < -0.3 is 4.74 Å². The first-order valence-electron chi connectivity index (χ1n) is 8.43. The van der Waals surface area contributed by atoms with Crippen LogP contribution in [-0.4, -0.2) is 20.7 Å². The number of nitrogens with zero attached hydrogens (tertiary/aromatic N) is 3. The summed E-state index contributed by atoms with van der Waals surface area (Å²) in [5, 5.41) is 5.03. The topological polar surface area (TPSA) is 56.5 Å². The first-order chi connectivity index (χ1) is 13.0. The van der Waals surface area contributed by atoms with E-state index in [4.69, 9.17) is 16.3 Å². The van der Waals surface area contributed by atoms with Gasteiger partial charge in [0.1, 0.15) is 5.75 Å². The SMILES string of the molecule is CC(C)Oc1ccc(-c2nc3sc(=Cc4ccc(Cl)cc4)c(=O)n3n2)cc1. The van der Waals surface area contributed by atoms with Crippen LogP contribution in [-0.2, 0) is 0 Å². The maximum absolute atomic E-state index is 12.6. The summed E-state index contributed by atoms with van der Waals surface area (Å²) in [5.74, 6) is 1.31. The van der Waals surface area contributed by atoms with Gasteiger partial charge in [-0.15, -0.1) is 5.10 Å². The third-order valence-corrected chi connectivity index (χ3v) is 5.05. The quantitative estimate of drug-likeness (QED) is 0.525. The molecule has 0 spiro atoms. The van der Waals surface area contributed by atoms with Gasteiger partial charge in [0.15, 0.2) is 5.82 Å². The van der Waals surface area contributed by atoms with E-state index in [1.54, 1.807) is 12.1 Å². The molecule has 2 aromatic carbocycles. The molecule has 0 saturated carbocycles. The fourth-order valence-corrected chi connectivity index (χ4v) is 3.65. The molecule has 4 rings (SSSR count). The molecule has 27 heavy (non-hydrogen) atoms. The molecular weight excluding hydrogens is 382 g/mol. The molecule has 0 aliphatic carbocycles. The lowest BCUT2D eigenvalue weighted by atomic mass is 10.2. The molecule has 2 aromatic heterocycles.